The molecular weight excluding hydrogens is 520 g/mol. The minimum absolute atomic E-state index is 0.843. The summed E-state index contributed by atoms with van der Waals surface area (Å²) in [6, 6.07) is 54.7. The van der Waals surface area contributed by atoms with Crippen molar-refractivity contribution >= 4 is 32.6 Å². The Morgan fingerprint density at radius 1 is 0.488 bits per heavy atom. The molecule has 0 fully saturated rings. The van der Waals surface area contributed by atoms with E-state index in [1.165, 1.54) is 54.9 Å². The van der Waals surface area contributed by atoms with Crippen molar-refractivity contribution in [1.82, 2.24) is 9.55 Å². The highest BCUT2D eigenvalue weighted by atomic mass is 15.1. The van der Waals surface area contributed by atoms with E-state index in [1.807, 2.05) is 0 Å². The highest BCUT2D eigenvalue weighted by Crippen LogP contribution is 2.46. The number of rotatable bonds is 5. The first-order chi connectivity index (χ1) is 21.3. The van der Waals surface area contributed by atoms with Crippen LogP contribution in [0, 0.1) is 0 Å². The molecule has 0 aliphatic heterocycles. The quantitative estimate of drug-likeness (QED) is 0.195. The van der Waals surface area contributed by atoms with Gasteiger partial charge in [-0.3, -0.25) is 4.57 Å². The number of hydrogen-bond acceptors (Lipinski definition) is 1. The van der Waals surface area contributed by atoms with Gasteiger partial charge < -0.3 is 0 Å². The van der Waals surface area contributed by atoms with Gasteiger partial charge >= 0.3 is 0 Å². The van der Waals surface area contributed by atoms with Crippen LogP contribution in [-0.4, -0.2) is 9.55 Å². The summed E-state index contributed by atoms with van der Waals surface area (Å²) >= 11 is 0. The number of hydrogen-bond donors (Lipinski definition) is 0. The smallest absolute Gasteiger partial charge is 0.114 e. The van der Waals surface area contributed by atoms with E-state index < -0.39 is 0 Å². The Kier molecular flexibility index (Phi) is 6.12. The number of aryl methyl sites for hydroxylation is 1. The predicted molar refractivity (Wildman–Crippen MR) is 182 cm³/mol. The molecule has 8 rings (SSSR count). The van der Waals surface area contributed by atoms with E-state index in [0.29, 0.717) is 0 Å². The molecule has 0 saturated heterocycles. The summed E-state index contributed by atoms with van der Waals surface area (Å²) in [6.45, 7) is 2.19. The zero-order valence-electron chi connectivity index (χ0n) is 24.0. The summed E-state index contributed by atoms with van der Waals surface area (Å²) in [5.41, 5.74) is 10.7. The van der Waals surface area contributed by atoms with Gasteiger partial charge in [0.25, 0.3) is 0 Å². The molecule has 0 bridgehead atoms. The van der Waals surface area contributed by atoms with Gasteiger partial charge in [0.15, 0.2) is 0 Å². The second-order valence-corrected chi connectivity index (χ2v) is 11.0. The lowest BCUT2D eigenvalue weighted by Gasteiger charge is -2.21. The lowest BCUT2D eigenvalue weighted by molar-refractivity contribution is 0.909. The number of imidazole rings is 1. The molecule has 0 radical (unpaired) electrons. The van der Waals surface area contributed by atoms with Crippen molar-refractivity contribution in [2.45, 2.75) is 13.3 Å². The van der Waals surface area contributed by atoms with Gasteiger partial charge in [0.05, 0.1) is 16.7 Å². The molecule has 0 atom stereocenters. The molecule has 0 saturated carbocycles. The lowest BCUT2D eigenvalue weighted by atomic mass is 9.84. The van der Waals surface area contributed by atoms with Crippen LogP contribution in [0.3, 0.4) is 0 Å². The topological polar surface area (TPSA) is 17.8 Å². The van der Waals surface area contributed by atoms with Gasteiger partial charge in [0, 0.05) is 12.0 Å². The van der Waals surface area contributed by atoms with Crippen molar-refractivity contribution < 1.29 is 0 Å². The maximum atomic E-state index is 5.04. The lowest BCUT2D eigenvalue weighted by Crippen LogP contribution is -2.03. The van der Waals surface area contributed by atoms with Gasteiger partial charge in [-0.15, -0.1) is 0 Å². The van der Waals surface area contributed by atoms with E-state index in [1.54, 1.807) is 0 Å². The van der Waals surface area contributed by atoms with Gasteiger partial charge in [-0.1, -0.05) is 134 Å². The van der Waals surface area contributed by atoms with E-state index in [4.69, 9.17) is 4.98 Å². The van der Waals surface area contributed by atoms with Gasteiger partial charge in [-0.05, 0) is 73.6 Å². The number of aromatic nitrogens is 2. The molecule has 0 unspecified atom stereocenters. The zero-order valence-corrected chi connectivity index (χ0v) is 24.0. The van der Waals surface area contributed by atoms with Crippen LogP contribution in [-0.2, 0) is 6.42 Å². The van der Waals surface area contributed by atoms with E-state index in [9.17, 15) is 0 Å². The fraction of sp³-hybridized carbons (Fsp3) is 0.0488. The summed E-state index contributed by atoms with van der Waals surface area (Å²) in [5, 5.41) is 4.99. The Morgan fingerprint density at radius 2 is 1.09 bits per heavy atom. The summed E-state index contributed by atoms with van der Waals surface area (Å²) in [6.07, 6.45) is 0.843. The van der Waals surface area contributed by atoms with Crippen molar-refractivity contribution in [3.8, 4) is 39.1 Å². The van der Waals surface area contributed by atoms with Crippen LogP contribution in [0.1, 0.15) is 12.7 Å². The van der Waals surface area contributed by atoms with Crippen LogP contribution in [0.15, 0.2) is 152 Å². The fourth-order valence-corrected chi connectivity index (χ4v) is 6.66. The molecule has 2 heteroatoms. The van der Waals surface area contributed by atoms with Crippen LogP contribution in [0.4, 0.5) is 0 Å². The van der Waals surface area contributed by atoms with E-state index in [2.05, 4.69) is 163 Å². The third-order valence-corrected chi connectivity index (χ3v) is 8.55. The SMILES string of the molecule is CCc1nc2ccccc2n1-c1ccccc1-c1c2ccccc2c(-c2ccccc2)c2ccc(-c3ccccc3)cc12. The maximum Gasteiger partial charge on any atom is 0.114 e. The molecular formula is C41H30N2. The highest BCUT2D eigenvalue weighted by molar-refractivity contribution is 6.22. The average molecular weight is 551 g/mol. The summed E-state index contributed by atoms with van der Waals surface area (Å²) in [5.74, 6) is 1.06. The molecule has 0 spiro atoms. The third-order valence-electron chi connectivity index (χ3n) is 8.55. The van der Waals surface area contributed by atoms with Gasteiger partial charge in [-0.25, -0.2) is 4.98 Å². The van der Waals surface area contributed by atoms with Crippen molar-refractivity contribution in [3.63, 3.8) is 0 Å². The molecule has 2 nitrogen and oxygen atoms in total. The largest absolute Gasteiger partial charge is 0.296 e. The van der Waals surface area contributed by atoms with Crippen LogP contribution in [0.2, 0.25) is 0 Å². The van der Waals surface area contributed by atoms with E-state index in [-0.39, 0.29) is 0 Å². The van der Waals surface area contributed by atoms with E-state index >= 15 is 0 Å². The van der Waals surface area contributed by atoms with Gasteiger partial charge in [-0.2, -0.15) is 0 Å². The molecule has 7 aromatic carbocycles. The number of benzene rings is 7. The Labute approximate surface area is 251 Å². The zero-order chi connectivity index (χ0) is 28.8. The Morgan fingerprint density at radius 3 is 1.86 bits per heavy atom. The molecule has 0 aliphatic carbocycles. The van der Waals surface area contributed by atoms with Gasteiger partial charge in [0.1, 0.15) is 5.82 Å². The first-order valence-electron chi connectivity index (χ1n) is 15.0. The minimum atomic E-state index is 0.843. The number of nitrogens with zero attached hydrogens (tertiary/aromatic N) is 2. The van der Waals surface area contributed by atoms with E-state index in [0.717, 1.165) is 29.0 Å². The van der Waals surface area contributed by atoms with Crippen molar-refractivity contribution in [2.75, 3.05) is 0 Å². The molecule has 43 heavy (non-hydrogen) atoms. The summed E-state index contributed by atoms with van der Waals surface area (Å²) in [7, 11) is 0. The predicted octanol–water partition coefficient (Wildman–Crippen LogP) is 10.9. The first-order valence-corrected chi connectivity index (χ1v) is 15.0. The van der Waals surface area contributed by atoms with Crippen molar-refractivity contribution in [2.24, 2.45) is 0 Å². The first kappa shape index (κ1) is 25.3. The van der Waals surface area contributed by atoms with Crippen LogP contribution in [0.25, 0.3) is 71.6 Å². The fourth-order valence-electron chi connectivity index (χ4n) is 6.66. The Balaban J connectivity index is 1.54. The summed E-state index contributed by atoms with van der Waals surface area (Å²) < 4.78 is 2.36. The molecule has 204 valence electrons. The molecule has 8 aromatic rings. The average Bonchev–Trinajstić information content (AvgIpc) is 3.46. The number of fused-ring (bicyclic) bond motifs is 3. The van der Waals surface area contributed by atoms with Crippen molar-refractivity contribution in [3.05, 3.63) is 157 Å². The van der Waals surface area contributed by atoms with Crippen LogP contribution < -0.4 is 0 Å². The van der Waals surface area contributed by atoms with Crippen LogP contribution in [0.5, 0.6) is 0 Å². The molecule has 1 heterocycles. The van der Waals surface area contributed by atoms with Crippen molar-refractivity contribution in [1.29, 1.82) is 0 Å². The molecule has 0 aliphatic rings. The normalized spacial score (nSPS) is 11.5. The molecule has 0 amide bonds. The Hall–Kier alpha value is -5.47. The molecule has 0 N–H and O–H groups in total. The maximum absolute atomic E-state index is 5.04. The standard InChI is InChI=1S/C41H30N2/c1-2-39-42-36-22-12-14-24-38(36)43(39)37-23-13-11-21-34(37)41-32-20-10-9-19-31(32)40(29-17-7-4-8-18-29)33-26-25-30(27-35(33)41)28-15-5-3-6-16-28/h3-27H,2H2,1H3. The van der Waals surface area contributed by atoms with Crippen LogP contribution >= 0.6 is 0 Å². The number of para-hydroxylation sites is 3. The second kappa shape index (κ2) is 10.4. The van der Waals surface area contributed by atoms with Gasteiger partial charge in [0.2, 0.25) is 0 Å². The third kappa shape index (κ3) is 4.14. The second-order valence-electron chi connectivity index (χ2n) is 11.0. The molecule has 1 aromatic heterocycles. The minimum Gasteiger partial charge on any atom is -0.296 e. The monoisotopic (exact) mass is 550 g/mol. The summed E-state index contributed by atoms with van der Waals surface area (Å²) in [4.78, 5) is 5.04. The Bertz CT molecular complexity index is 2260. The highest BCUT2D eigenvalue weighted by Gasteiger charge is 2.21.